The Balaban J connectivity index is 0.00000259. The monoisotopic (exact) mass is 449 g/mol. The van der Waals surface area contributed by atoms with Crippen molar-refractivity contribution < 1.29 is 14.6 Å². The third kappa shape index (κ3) is 4.68. The zero-order valence-electron chi connectivity index (χ0n) is 18.7. The number of pyridine rings is 1. The van der Waals surface area contributed by atoms with Gasteiger partial charge in [-0.25, -0.2) is 0 Å². The fraction of sp³-hybridized carbons (Fsp3) is 0.481. The van der Waals surface area contributed by atoms with Crippen LogP contribution in [0, 0.1) is 6.92 Å². The molecule has 0 saturated carbocycles. The van der Waals surface area contributed by atoms with Gasteiger partial charge in [0.15, 0.2) is 0 Å². The Morgan fingerprint density at radius 2 is 2.06 bits per heavy atom. The lowest BCUT2D eigenvalue weighted by atomic mass is 9.95. The highest BCUT2D eigenvalue weighted by molar-refractivity contribution is 5.87. The molecule has 6 heteroatoms. The van der Waals surface area contributed by atoms with Gasteiger partial charge in [0, 0.05) is 61.0 Å². The van der Waals surface area contributed by atoms with Gasteiger partial charge in [-0.15, -0.1) is 0 Å². The maximum atomic E-state index is 10.9. The summed E-state index contributed by atoms with van der Waals surface area (Å²) < 4.78 is 8.75. The molecule has 6 nitrogen and oxygen atoms in total. The van der Waals surface area contributed by atoms with Gasteiger partial charge in [0.05, 0.1) is 6.54 Å². The molecule has 5 rings (SSSR count). The minimum absolute atomic E-state index is 0. The van der Waals surface area contributed by atoms with Gasteiger partial charge in [0.2, 0.25) is 0 Å². The molecule has 0 radical (unpaired) electrons. The smallest absolute Gasteiger partial charge is 0.303 e. The van der Waals surface area contributed by atoms with Crippen molar-refractivity contribution in [1.29, 1.82) is 0 Å². The van der Waals surface area contributed by atoms with E-state index in [4.69, 9.17) is 9.84 Å². The van der Waals surface area contributed by atoms with E-state index in [1.165, 1.54) is 47.1 Å². The Kier molecular flexibility index (Phi) is 7.15. The fourth-order valence-electron chi connectivity index (χ4n) is 5.51. The number of aromatic nitrogens is 2. The van der Waals surface area contributed by atoms with Gasteiger partial charge in [0.25, 0.3) is 0 Å². The third-order valence-electron chi connectivity index (χ3n) is 6.98. The van der Waals surface area contributed by atoms with E-state index in [2.05, 4.69) is 39.6 Å². The van der Waals surface area contributed by atoms with Crippen LogP contribution in [0.3, 0.4) is 0 Å². The van der Waals surface area contributed by atoms with Crippen LogP contribution in [0.25, 0.3) is 10.9 Å². The van der Waals surface area contributed by atoms with Crippen LogP contribution in [-0.2, 0) is 22.5 Å². The number of nitrogens with zero attached hydrogens (tertiary/aromatic N) is 3. The van der Waals surface area contributed by atoms with Crippen molar-refractivity contribution in [2.45, 2.75) is 65.1 Å². The van der Waals surface area contributed by atoms with E-state index < -0.39 is 5.97 Å². The summed E-state index contributed by atoms with van der Waals surface area (Å²) in [5.74, 6) is -0.781. The number of ether oxygens (including phenoxy) is 1. The minimum atomic E-state index is -0.781. The molecule has 2 atom stereocenters. The Bertz CT molecular complexity index is 1110. The fourth-order valence-corrected chi connectivity index (χ4v) is 5.51. The number of aliphatic carboxylic acids is 1. The van der Waals surface area contributed by atoms with Crippen molar-refractivity contribution in [3.63, 3.8) is 0 Å². The summed E-state index contributed by atoms with van der Waals surface area (Å²) in [6.45, 7) is 5.64. The Morgan fingerprint density at radius 1 is 1.24 bits per heavy atom. The molecule has 1 aromatic carbocycles. The largest absolute Gasteiger partial charge is 0.481 e. The van der Waals surface area contributed by atoms with Crippen LogP contribution in [-0.4, -0.2) is 45.2 Å². The van der Waals surface area contributed by atoms with E-state index in [0.717, 1.165) is 25.1 Å². The lowest BCUT2D eigenvalue weighted by Crippen LogP contribution is -2.31. The van der Waals surface area contributed by atoms with Crippen LogP contribution in [0.1, 0.15) is 67.6 Å². The van der Waals surface area contributed by atoms with Gasteiger partial charge >= 0.3 is 5.97 Å². The molecule has 33 heavy (non-hydrogen) atoms. The van der Waals surface area contributed by atoms with Crippen molar-refractivity contribution in [2.75, 3.05) is 19.7 Å². The van der Waals surface area contributed by atoms with Gasteiger partial charge in [-0.3, -0.25) is 14.7 Å². The number of fused-ring (bicyclic) bond motifs is 5. The lowest BCUT2D eigenvalue weighted by molar-refractivity contribution is -0.137. The van der Waals surface area contributed by atoms with Crippen molar-refractivity contribution >= 4 is 16.9 Å². The highest BCUT2D eigenvalue weighted by atomic mass is 16.5. The molecule has 176 valence electrons. The first kappa shape index (κ1) is 23.5. The van der Waals surface area contributed by atoms with E-state index in [0.29, 0.717) is 19.1 Å². The topological polar surface area (TPSA) is 67.6 Å². The quantitative estimate of drug-likeness (QED) is 0.473. The summed E-state index contributed by atoms with van der Waals surface area (Å²) in [5, 5.41) is 10.4. The van der Waals surface area contributed by atoms with E-state index in [1.54, 1.807) is 12.4 Å². The SMILES string of the molecule is C.Cc1ccc2c(c1)c1c(n2CC(OCCCC(=O)O)c2ccncc2)CCN2CCCC12. The molecule has 0 bridgehead atoms. The zero-order chi connectivity index (χ0) is 22.1. The number of hydrogen-bond acceptors (Lipinski definition) is 4. The normalized spacial score (nSPS) is 18.5. The predicted molar refractivity (Wildman–Crippen MR) is 130 cm³/mol. The second kappa shape index (κ2) is 10.1. The molecule has 0 amide bonds. The molecular weight excluding hydrogens is 414 g/mol. The highest BCUT2D eigenvalue weighted by Crippen LogP contribution is 2.43. The molecule has 3 aromatic rings. The zero-order valence-corrected chi connectivity index (χ0v) is 18.7. The van der Waals surface area contributed by atoms with Crippen LogP contribution in [0.4, 0.5) is 0 Å². The molecule has 0 spiro atoms. The molecule has 1 N–H and O–H groups in total. The molecule has 2 aliphatic rings. The highest BCUT2D eigenvalue weighted by Gasteiger charge is 2.35. The van der Waals surface area contributed by atoms with Crippen LogP contribution >= 0.6 is 0 Å². The van der Waals surface area contributed by atoms with E-state index in [1.807, 2.05) is 12.1 Å². The van der Waals surface area contributed by atoms with E-state index in [9.17, 15) is 4.79 Å². The van der Waals surface area contributed by atoms with Crippen LogP contribution in [0.5, 0.6) is 0 Å². The van der Waals surface area contributed by atoms with E-state index >= 15 is 0 Å². The molecule has 4 heterocycles. The first-order valence-electron chi connectivity index (χ1n) is 11.7. The van der Waals surface area contributed by atoms with Crippen molar-refractivity contribution in [2.24, 2.45) is 0 Å². The Labute approximate surface area is 196 Å². The van der Waals surface area contributed by atoms with Gasteiger partial charge in [-0.1, -0.05) is 19.1 Å². The van der Waals surface area contributed by atoms with Crippen molar-refractivity contribution in [1.82, 2.24) is 14.5 Å². The van der Waals surface area contributed by atoms with Gasteiger partial charge < -0.3 is 14.4 Å². The summed E-state index contributed by atoms with van der Waals surface area (Å²) in [4.78, 5) is 17.7. The predicted octanol–water partition coefficient (Wildman–Crippen LogP) is 5.30. The summed E-state index contributed by atoms with van der Waals surface area (Å²) in [6.07, 6.45) is 7.65. The standard InChI is InChI=1S/C26H31N3O3.CH4/c1-18-6-7-21-20(16-18)26-22-4-2-13-28(22)14-10-23(26)29(21)17-24(19-8-11-27-12-9-19)32-15-3-5-25(30)31;/h6-9,11-12,16,22,24H,2-5,10,13-15,17H2,1H3,(H,30,31);1H4. The molecule has 2 aromatic heterocycles. The lowest BCUT2D eigenvalue weighted by Gasteiger charge is -2.31. The van der Waals surface area contributed by atoms with Gasteiger partial charge in [-0.2, -0.15) is 0 Å². The van der Waals surface area contributed by atoms with Gasteiger partial charge in [0.1, 0.15) is 6.10 Å². The molecular formula is C27H35N3O3. The second-order valence-corrected chi connectivity index (χ2v) is 9.07. The number of benzene rings is 1. The average Bonchev–Trinajstić information content (AvgIpc) is 3.38. The number of aryl methyl sites for hydroxylation is 1. The summed E-state index contributed by atoms with van der Waals surface area (Å²) >= 11 is 0. The Hall–Kier alpha value is -2.70. The maximum absolute atomic E-state index is 10.9. The van der Waals surface area contributed by atoms with Gasteiger partial charge in [-0.05, 0) is 68.1 Å². The molecule has 1 saturated heterocycles. The minimum Gasteiger partial charge on any atom is -0.481 e. The summed E-state index contributed by atoms with van der Waals surface area (Å²) in [7, 11) is 0. The molecule has 0 aliphatic carbocycles. The molecule has 2 aliphatic heterocycles. The maximum Gasteiger partial charge on any atom is 0.303 e. The average molecular weight is 450 g/mol. The van der Waals surface area contributed by atoms with E-state index in [-0.39, 0.29) is 20.0 Å². The third-order valence-corrected chi connectivity index (χ3v) is 6.98. The number of hydrogen-bond donors (Lipinski definition) is 1. The first-order valence-corrected chi connectivity index (χ1v) is 11.7. The van der Waals surface area contributed by atoms with Crippen molar-refractivity contribution in [3.05, 3.63) is 65.1 Å². The van der Waals surface area contributed by atoms with Crippen molar-refractivity contribution in [3.8, 4) is 0 Å². The molecule has 1 fully saturated rings. The number of rotatable bonds is 8. The second-order valence-electron chi connectivity index (χ2n) is 9.07. The van der Waals surface area contributed by atoms with Crippen LogP contribution in [0.2, 0.25) is 0 Å². The first-order chi connectivity index (χ1) is 15.6. The summed E-state index contributed by atoms with van der Waals surface area (Å²) in [5.41, 5.74) is 6.62. The molecule has 2 unspecified atom stereocenters. The number of carbonyl (C=O) groups is 1. The number of carboxylic acids is 1. The number of carboxylic acid groups (broad SMARTS) is 1. The van der Waals surface area contributed by atoms with Crippen LogP contribution in [0.15, 0.2) is 42.7 Å². The summed E-state index contributed by atoms with van der Waals surface area (Å²) in [6, 6.07) is 11.3. The van der Waals surface area contributed by atoms with Crippen LogP contribution < -0.4 is 0 Å². The Morgan fingerprint density at radius 3 is 2.85 bits per heavy atom.